The van der Waals surface area contributed by atoms with E-state index in [-0.39, 0.29) is 30.4 Å². The second-order valence-corrected chi connectivity index (χ2v) is 6.46. The van der Waals surface area contributed by atoms with Gasteiger partial charge in [-0.05, 0) is 57.4 Å². The zero-order chi connectivity index (χ0) is 16.8. The van der Waals surface area contributed by atoms with Crippen LogP contribution in [0.3, 0.4) is 0 Å². The van der Waals surface area contributed by atoms with Gasteiger partial charge in [0.05, 0.1) is 6.04 Å². The number of hydrazone groups is 1. The standard InChI is InChI=1S/C17H28N6.ClH/c1-11-8-12(2)10-13(9-11)4-3-5-15(14-6-7-14)21-17(20)23-22-16(18)19;/h8-10,14-15H,3-7H2,1-2H3,(H4,18,19,22)(H3,20,21,23);1H. The van der Waals surface area contributed by atoms with Gasteiger partial charge in [0.1, 0.15) is 0 Å². The van der Waals surface area contributed by atoms with Gasteiger partial charge >= 0.3 is 0 Å². The Morgan fingerprint density at radius 2 is 1.79 bits per heavy atom. The lowest BCUT2D eigenvalue weighted by Gasteiger charge is -2.13. The van der Waals surface area contributed by atoms with Crippen molar-refractivity contribution in [2.45, 2.75) is 52.0 Å². The fraction of sp³-hybridized carbons (Fsp3) is 0.529. The second-order valence-electron chi connectivity index (χ2n) is 6.46. The third-order valence-corrected chi connectivity index (χ3v) is 4.02. The van der Waals surface area contributed by atoms with Crippen molar-refractivity contribution < 1.29 is 0 Å². The molecular formula is C17H29ClN6. The van der Waals surface area contributed by atoms with E-state index in [1.165, 1.54) is 29.5 Å². The lowest BCUT2D eigenvalue weighted by Crippen LogP contribution is -2.34. The highest BCUT2D eigenvalue weighted by Gasteiger charge is 2.30. The minimum atomic E-state index is -0.0547. The van der Waals surface area contributed by atoms with Crippen LogP contribution in [-0.4, -0.2) is 18.0 Å². The van der Waals surface area contributed by atoms with E-state index in [9.17, 15) is 0 Å². The first kappa shape index (κ1) is 20.1. The normalized spacial score (nSPS) is 15.3. The Balaban J connectivity index is 0.00000288. The number of halogens is 1. The van der Waals surface area contributed by atoms with Crippen LogP contribution in [0.1, 0.15) is 42.4 Å². The summed E-state index contributed by atoms with van der Waals surface area (Å²) in [6.45, 7) is 4.29. The molecule has 0 aromatic heterocycles. The maximum Gasteiger partial charge on any atom is 0.209 e. The number of rotatable bonds is 7. The molecule has 134 valence electrons. The van der Waals surface area contributed by atoms with E-state index in [0.29, 0.717) is 5.92 Å². The third kappa shape index (κ3) is 7.08. The van der Waals surface area contributed by atoms with Gasteiger partial charge in [-0.2, -0.15) is 0 Å². The molecule has 24 heavy (non-hydrogen) atoms. The largest absolute Gasteiger partial charge is 0.369 e. The number of hydrogen-bond acceptors (Lipinski definition) is 2. The predicted octanol–water partition coefficient (Wildman–Crippen LogP) is 1.92. The SMILES string of the molecule is Cc1cc(C)cc(CCCC(N=C(N)NN=C(N)N)C2CC2)c1.Cl. The molecule has 1 atom stereocenters. The maximum absolute atomic E-state index is 5.83. The lowest BCUT2D eigenvalue weighted by atomic mass is 9.99. The van der Waals surface area contributed by atoms with E-state index in [0.717, 1.165) is 19.3 Å². The summed E-state index contributed by atoms with van der Waals surface area (Å²) >= 11 is 0. The Morgan fingerprint density at radius 1 is 1.17 bits per heavy atom. The minimum absolute atomic E-state index is 0. The summed E-state index contributed by atoms with van der Waals surface area (Å²) in [4.78, 5) is 4.54. The van der Waals surface area contributed by atoms with Gasteiger partial charge in [0.25, 0.3) is 0 Å². The van der Waals surface area contributed by atoms with Gasteiger partial charge in [-0.25, -0.2) is 10.4 Å². The summed E-state index contributed by atoms with van der Waals surface area (Å²) in [6.07, 6.45) is 5.66. The molecule has 0 bridgehead atoms. The molecule has 6 nitrogen and oxygen atoms in total. The highest BCUT2D eigenvalue weighted by Crippen LogP contribution is 2.36. The van der Waals surface area contributed by atoms with Crippen LogP contribution in [0.2, 0.25) is 0 Å². The zero-order valence-electron chi connectivity index (χ0n) is 14.5. The predicted molar refractivity (Wildman–Crippen MR) is 103 cm³/mol. The molecule has 0 aliphatic heterocycles. The van der Waals surface area contributed by atoms with E-state index < -0.39 is 0 Å². The van der Waals surface area contributed by atoms with Gasteiger partial charge < -0.3 is 17.2 Å². The van der Waals surface area contributed by atoms with Crippen molar-refractivity contribution in [3.63, 3.8) is 0 Å². The molecule has 1 saturated carbocycles. The molecule has 0 heterocycles. The number of aryl methyl sites for hydroxylation is 3. The number of benzene rings is 1. The van der Waals surface area contributed by atoms with E-state index in [1.54, 1.807) is 0 Å². The summed E-state index contributed by atoms with van der Waals surface area (Å²) in [5, 5.41) is 3.67. The van der Waals surface area contributed by atoms with Crippen LogP contribution in [0, 0.1) is 19.8 Å². The number of nitrogens with zero attached hydrogens (tertiary/aromatic N) is 2. The second kappa shape index (κ2) is 9.37. The van der Waals surface area contributed by atoms with Crippen molar-refractivity contribution in [2.24, 2.45) is 33.2 Å². The van der Waals surface area contributed by atoms with Crippen molar-refractivity contribution in [2.75, 3.05) is 0 Å². The van der Waals surface area contributed by atoms with E-state index in [4.69, 9.17) is 17.2 Å². The topological polar surface area (TPSA) is 115 Å². The van der Waals surface area contributed by atoms with Crippen LogP contribution >= 0.6 is 12.4 Å². The zero-order valence-corrected chi connectivity index (χ0v) is 15.3. The third-order valence-electron chi connectivity index (χ3n) is 4.02. The lowest BCUT2D eigenvalue weighted by molar-refractivity contribution is 0.528. The van der Waals surface area contributed by atoms with Gasteiger partial charge in [0.2, 0.25) is 11.9 Å². The molecule has 1 aromatic carbocycles. The Hall–Kier alpha value is -1.95. The molecule has 0 spiro atoms. The highest BCUT2D eigenvalue weighted by molar-refractivity contribution is 5.85. The van der Waals surface area contributed by atoms with Crippen molar-refractivity contribution in [3.05, 3.63) is 34.9 Å². The van der Waals surface area contributed by atoms with E-state index >= 15 is 0 Å². The fourth-order valence-corrected chi connectivity index (χ4v) is 2.94. The fourth-order valence-electron chi connectivity index (χ4n) is 2.94. The molecule has 1 fully saturated rings. The van der Waals surface area contributed by atoms with Gasteiger partial charge in [0.15, 0.2) is 0 Å². The van der Waals surface area contributed by atoms with Crippen LogP contribution in [-0.2, 0) is 6.42 Å². The molecule has 1 unspecified atom stereocenters. The molecule has 7 heteroatoms. The summed E-state index contributed by atoms with van der Waals surface area (Å²) in [6, 6.07) is 6.98. The maximum atomic E-state index is 5.83. The number of nitrogens with two attached hydrogens (primary N) is 3. The van der Waals surface area contributed by atoms with Crippen molar-refractivity contribution >= 4 is 24.3 Å². The smallest absolute Gasteiger partial charge is 0.209 e. The average molecular weight is 353 g/mol. The molecule has 7 N–H and O–H groups in total. The summed E-state index contributed by atoms with van der Waals surface area (Å²) in [5.74, 6) is 0.872. The van der Waals surface area contributed by atoms with Gasteiger partial charge in [-0.1, -0.05) is 29.3 Å². The monoisotopic (exact) mass is 352 g/mol. The first-order chi connectivity index (χ1) is 10.9. The Kier molecular flexibility index (Phi) is 7.85. The number of aliphatic imine (C=N–C) groups is 1. The quantitative estimate of drug-likeness (QED) is 0.341. The van der Waals surface area contributed by atoms with Crippen molar-refractivity contribution in [3.8, 4) is 0 Å². The van der Waals surface area contributed by atoms with Crippen LogP contribution in [0.4, 0.5) is 0 Å². The number of guanidine groups is 2. The van der Waals surface area contributed by atoms with Gasteiger partial charge in [-0.3, -0.25) is 0 Å². The summed E-state index contributed by atoms with van der Waals surface area (Å²) in [5.41, 5.74) is 23.0. The molecule has 0 amide bonds. The molecule has 1 aromatic rings. The van der Waals surface area contributed by atoms with Crippen LogP contribution in [0.25, 0.3) is 0 Å². The first-order valence-electron chi connectivity index (χ1n) is 8.19. The molecule has 2 rings (SSSR count). The summed E-state index contributed by atoms with van der Waals surface area (Å²) in [7, 11) is 0. The first-order valence-corrected chi connectivity index (χ1v) is 8.19. The number of hydrogen-bond donors (Lipinski definition) is 4. The van der Waals surface area contributed by atoms with Crippen molar-refractivity contribution in [1.29, 1.82) is 0 Å². The van der Waals surface area contributed by atoms with Crippen LogP contribution < -0.4 is 22.6 Å². The van der Waals surface area contributed by atoms with Gasteiger partial charge in [0, 0.05) is 0 Å². The van der Waals surface area contributed by atoms with Crippen molar-refractivity contribution in [1.82, 2.24) is 5.43 Å². The van der Waals surface area contributed by atoms with E-state index in [1.807, 2.05) is 0 Å². The van der Waals surface area contributed by atoms with Crippen LogP contribution in [0.5, 0.6) is 0 Å². The van der Waals surface area contributed by atoms with E-state index in [2.05, 4.69) is 47.6 Å². The Morgan fingerprint density at radius 3 is 2.33 bits per heavy atom. The Labute approximate surface area is 150 Å². The molecular weight excluding hydrogens is 324 g/mol. The number of nitrogens with one attached hydrogen (secondary N) is 1. The van der Waals surface area contributed by atoms with Crippen LogP contribution in [0.15, 0.2) is 28.3 Å². The highest BCUT2D eigenvalue weighted by atomic mass is 35.5. The molecule has 1 aliphatic rings. The van der Waals surface area contributed by atoms with Gasteiger partial charge in [-0.15, -0.1) is 17.5 Å². The summed E-state index contributed by atoms with van der Waals surface area (Å²) < 4.78 is 0. The molecule has 0 saturated heterocycles. The average Bonchev–Trinajstić information content (AvgIpc) is 3.27. The molecule has 1 aliphatic carbocycles. The minimum Gasteiger partial charge on any atom is -0.369 e. The Bertz CT molecular complexity index is 570. The molecule has 0 radical (unpaired) electrons.